The monoisotopic (exact) mass is 444 g/mol. The number of amides is 1. The van der Waals surface area contributed by atoms with E-state index in [4.69, 9.17) is 4.42 Å². The van der Waals surface area contributed by atoms with E-state index in [2.05, 4.69) is 15.2 Å². The van der Waals surface area contributed by atoms with Gasteiger partial charge in [-0.15, -0.1) is 0 Å². The summed E-state index contributed by atoms with van der Waals surface area (Å²) in [7, 11) is 1.72. The van der Waals surface area contributed by atoms with Crippen molar-refractivity contribution >= 4 is 22.8 Å². The Morgan fingerprint density at radius 3 is 2.69 bits per heavy atom. The number of alkyl halides is 3. The van der Waals surface area contributed by atoms with Crippen LogP contribution in [0.1, 0.15) is 34.2 Å². The number of hydrogen-bond acceptors (Lipinski definition) is 5. The third-order valence-electron chi connectivity index (χ3n) is 5.63. The molecule has 0 bridgehead atoms. The number of aryl methyl sites for hydroxylation is 3. The van der Waals surface area contributed by atoms with Gasteiger partial charge in [-0.1, -0.05) is 0 Å². The molecule has 11 heteroatoms. The van der Waals surface area contributed by atoms with Gasteiger partial charge >= 0.3 is 6.18 Å². The molecule has 0 spiro atoms. The molecule has 8 nitrogen and oxygen atoms in total. The van der Waals surface area contributed by atoms with E-state index in [-0.39, 0.29) is 18.8 Å². The van der Waals surface area contributed by atoms with E-state index in [1.807, 2.05) is 0 Å². The van der Waals surface area contributed by atoms with Crippen molar-refractivity contribution in [2.24, 2.45) is 7.05 Å². The molecule has 0 aromatic carbocycles. The van der Waals surface area contributed by atoms with Crippen LogP contribution in [-0.2, 0) is 7.05 Å². The lowest BCUT2D eigenvalue weighted by atomic mass is 10.1. The van der Waals surface area contributed by atoms with E-state index in [9.17, 15) is 18.0 Å². The predicted octanol–water partition coefficient (Wildman–Crippen LogP) is 4.20. The molecule has 0 fully saturated rings. The lowest BCUT2D eigenvalue weighted by molar-refractivity contribution is -0.172. The molecular formula is C21H19F3N6O2. The third-order valence-corrected chi connectivity index (χ3v) is 5.63. The molecule has 166 valence electrons. The van der Waals surface area contributed by atoms with Crippen molar-refractivity contribution in [3.05, 3.63) is 47.5 Å². The highest BCUT2D eigenvalue weighted by Crippen LogP contribution is 2.40. The van der Waals surface area contributed by atoms with Crippen LogP contribution in [0, 0.1) is 13.8 Å². The van der Waals surface area contributed by atoms with Crippen LogP contribution < -0.4 is 4.90 Å². The Morgan fingerprint density at radius 1 is 1.22 bits per heavy atom. The van der Waals surface area contributed by atoms with Crippen molar-refractivity contribution in [2.75, 3.05) is 11.4 Å². The Morgan fingerprint density at radius 2 is 2.00 bits per heavy atom. The van der Waals surface area contributed by atoms with Crippen molar-refractivity contribution in [3.8, 4) is 11.5 Å². The van der Waals surface area contributed by atoms with Gasteiger partial charge in [-0.3, -0.25) is 14.4 Å². The van der Waals surface area contributed by atoms with Crippen molar-refractivity contribution in [1.82, 2.24) is 24.5 Å². The van der Waals surface area contributed by atoms with Gasteiger partial charge in [0, 0.05) is 19.7 Å². The number of hydrogen-bond donors (Lipinski definition) is 0. The number of aromatic nitrogens is 5. The zero-order valence-corrected chi connectivity index (χ0v) is 17.5. The second kappa shape index (κ2) is 6.94. The summed E-state index contributed by atoms with van der Waals surface area (Å²) in [6.07, 6.45) is -3.24. The molecule has 1 atom stereocenters. The highest BCUT2D eigenvalue weighted by molar-refractivity contribution is 6.14. The minimum absolute atomic E-state index is 0.0899. The van der Waals surface area contributed by atoms with Crippen LogP contribution in [0.25, 0.3) is 22.5 Å². The lowest BCUT2D eigenvalue weighted by Gasteiger charge is -2.34. The van der Waals surface area contributed by atoms with Crippen LogP contribution in [0.15, 0.2) is 34.9 Å². The molecule has 1 aliphatic rings. The molecule has 1 amide bonds. The fourth-order valence-corrected chi connectivity index (χ4v) is 4.24. The average Bonchev–Trinajstić information content (AvgIpc) is 3.45. The normalized spacial score (nSPS) is 16.6. The number of pyridine rings is 1. The van der Waals surface area contributed by atoms with E-state index < -0.39 is 18.1 Å². The largest absolute Gasteiger partial charge is 0.463 e. The van der Waals surface area contributed by atoms with Crippen LogP contribution in [0.5, 0.6) is 0 Å². The maximum atomic E-state index is 13.7. The number of rotatable bonds is 2. The first kappa shape index (κ1) is 20.3. The van der Waals surface area contributed by atoms with Gasteiger partial charge in [0.1, 0.15) is 11.5 Å². The molecule has 5 rings (SSSR count). The fraction of sp³-hybridized carbons (Fsp3) is 0.333. The first-order valence-corrected chi connectivity index (χ1v) is 9.98. The summed E-state index contributed by atoms with van der Waals surface area (Å²) in [6, 6.07) is 4.75. The second-order valence-corrected chi connectivity index (χ2v) is 7.83. The summed E-state index contributed by atoms with van der Waals surface area (Å²) >= 11 is 0. The van der Waals surface area contributed by atoms with Crippen LogP contribution in [0.4, 0.5) is 19.0 Å². The molecule has 5 heterocycles. The minimum atomic E-state index is -4.46. The van der Waals surface area contributed by atoms with E-state index in [1.54, 1.807) is 43.8 Å². The Kier molecular flexibility index (Phi) is 4.40. The van der Waals surface area contributed by atoms with Crippen molar-refractivity contribution < 1.29 is 22.4 Å². The number of anilines is 1. The number of halogens is 3. The first-order valence-electron chi connectivity index (χ1n) is 9.98. The smallest absolute Gasteiger partial charge is 0.410 e. The highest BCUT2D eigenvalue weighted by Gasteiger charge is 2.46. The van der Waals surface area contributed by atoms with Gasteiger partial charge in [0.15, 0.2) is 17.4 Å². The molecule has 0 N–H and O–H groups in total. The van der Waals surface area contributed by atoms with Gasteiger partial charge < -0.3 is 4.42 Å². The van der Waals surface area contributed by atoms with Crippen LogP contribution in [-0.4, -0.2) is 43.2 Å². The zero-order chi connectivity index (χ0) is 22.8. The summed E-state index contributed by atoms with van der Waals surface area (Å²) in [5, 5.41) is 8.96. The standard InChI is InChI=1S/C21H19F3N6O2/c1-11-9-17-29(7-6-16(21(22,23)24)30(17)26-11)20(31)13-10-14(15-5-4-8-32-15)25-19-18(13)12(2)27-28(19)3/h4-5,8-10,16H,6-7H2,1-3H3/t16-/m0/s1. The summed E-state index contributed by atoms with van der Waals surface area (Å²) < 4.78 is 48.6. The fourth-order valence-electron chi connectivity index (χ4n) is 4.24. The van der Waals surface area contributed by atoms with Gasteiger partial charge in [0.2, 0.25) is 0 Å². The predicted molar refractivity (Wildman–Crippen MR) is 109 cm³/mol. The van der Waals surface area contributed by atoms with E-state index in [0.29, 0.717) is 39.4 Å². The third kappa shape index (κ3) is 3.07. The molecule has 4 aromatic rings. The Balaban J connectivity index is 1.67. The summed E-state index contributed by atoms with van der Waals surface area (Å²) in [5.74, 6) is 0.145. The Hall–Kier alpha value is -3.63. The summed E-state index contributed by atoms with van der Waals surface area (Å²) in [6.45, 7) is 3.28. The summed E-state index contributed by atoms with van der Waals surface area (Å²) in [5.41, 5.74) is 2.21. The van der Waals surface area contributed by atoms with Gasteiger partial charge in [0.25, 0.3) is 5.91 Å². The molecule has 0 saturated heterocycles. The molecule has 0 unspecified atom stereocenters. The van der Waals surface area contributed by atoms with Gasteiger partial charge in [-0.25, -0.2) is 9.67 Å². The van der Waals surface area contributed by atoms with E-state index in [1.165, 1.54) is 17.2 Å². The molecule has 1 aliphatic heterocycles. The highest BCUT2D eigenvalue weighted by atomic mass is 19.4. The van der Waals surface area contributed by atoms with Crippen molar-refractivity contribution in [3.63, 3.8) is 0 Å². The van der Waals surface area contributed by atoms with Crippen molar-refractivity contribution in [2.45, 2.75) is 32.5 Å². The van der Waals surface area contributed by atoms with Gasteiger partial charge in [-0.2, -0.15) is 23.4 Å². The maximum Gasteiger partial charge on any atom is 0.410 e. The quantitative estimate of drug-likeness (QED) is 0.463. The zero-order valence-electron chi connectivity index (χ0n) is 17.5. The summed E-state index contributed by atoms with van der Waals surface area (Å²) in [4.78, 5) is 19.7. The first-order chi connectivity index (χ1) is 15.1. The lowest BCUT2D eigenvalue weighted by Crippen LogP contribution is -2.43. The van der Waals surface area contributed by atoms with E-state index in [0.717, 1.165) is 4.68 Å². The van der Waals surface area contributed by atoms with E-state index >= 15 is 0 Å². The minimum Gasteiger partial charge on any atom is -0.463 e. The topological polar surface area (TPSA) is 82.0 Å². The molecule has 0 saturated carbocycles. The second-order valence-electron chi connectivity index (χ2n) is 7.83. The maximum absolute atomic E-state index is 13.7. The van der Waals surface area contributed by atoms with Gasteiger partial charge in [0.05, 0.1) is 28.6 Å². The van der Waals surface area contributed by atoms with Crippen LogP contribution >= 0.6 is 0 Å². The average molecular weight is 444 g/mol. The number of carbonyl (C=O) groups is 1. The molecule has 4 aromatic heterocycles. The SMILES string of the molecule is Cc1cc2n(n1)[C@H](C(F)(F)F)CCN2C(=O)c1cc(-c2ccco2)nc2c1c(C)nn2C. The molecule has 32 heavy (non-hydrogen) atoms. The number of fused-ring (bicyclic) bond motifs is 2. The van der Waals surface area contributed by atoms with Crippen molar-refractivity contribution in [1.29, 1.82) is 0 Å². The molecule has 0 aliphatic carbocycles. The van der Waals surface area contributed by atoms with Crippen LogP contribution in [0.3, 0.4) is 0 Å². The molecular weight excluding hydrogens is 425 g/mol. The number of carbonyl (C=O) groups excluding carboxylic acids is 1. The number of nitrogens with zero attached hydrogens (tertiary/aromatic N) is 6. The molecule has 0 radical (unpaired) electrons. The Bertz CT molecular complexity index is 1340. The van der Waals surface area contributed by atoms with Crippen LogP contribution in [0.2, 0.25) is 0 Å². The van der Waals surface area contributed by atoms with Gasteiger partial charge in [-0.05, 0) is 38.5 Å². The Labute approximate surface area is 180 Å². The number of furan rings is 1.